The van der Waals surface area contributed by atoms with Crippen molar-refractivity contribution in [2.24, 2.45) is 0 Å². The Bertz CT molecular complexity index is 1240. The maximum atomic E-state index is 13.4. The molecule has 2 aromatic carbocycles. The highest BCUT2D eigenvalue weighted by Gasteiger charge is 2.29. The van der Waals surface area contributed by atoms with Gasteiger partial charge in [0.2, 0.25) is 11.8 Å². The number of hydrogen-bond acceptors (Lipinski definition) is 8. The molecule has 1 aromatic heterocycles. The Morgan fingerprint density at radius 3 is 1.78 bits per heavy atom. The molecule has 3 atom stereocenters. The summed E-state index contributed by atoms with van der Waals surface area (Å²) < 4.78 is 25.5. The van der Waals surface area contributed by atoms with E-state index in [0.29, 0.717) is 55.8 Å². The van der Waals surface area contributed by atoms with Gasteiger partial charge in [-0.05, 0) is 37.3 Å². The second kappa shape index (κ2) is 12.9. The van der Waals surface area contributed by atoms with E-state index in [1.54, 1.807) is 34.8 Å². The number of para-hydroxylation sites is 4. The number of amides is 2. The summed E-state index contributed by atoms with van der Waals surface area (Å²) in [7, 11) is 3.49. The number of rotatable bonds is 11. The van der Waals surface area contributed by atoms with Crippen LogP contribution in [0.1, 0.15) is 6.92 Å². The Hall–Kier alpha value is -4.25. The van der Waals surface area contributed by atoms with Gasteiger partial charge in [-0.25, -0.2) is 0 Å². The predicted octanol–water partition coefficient (Wildman–Crippen LogP) is 2.17. The first-order chi connectivity index (χ1) is 19.9. The fraction of sp³-hybridized carbons (Fsp3) is 0.433. The maximum absolute atomic E-state index is 13.4. The van der Waals surface area contributed by atoms with E-state index in [0.717, 1.165) is 0 Å². The van der Waals surface area contributed by atoms with Crippen LogP contribution in [-0.4, -0.2) is 108 Å². The van der Waals surface area contributed by atoms with Crippen molar-refractivity contribution in [1.82, 2.24) is 24.5 Å². The lowest BCUT2D eigenvalue weighted by molar-refractivity contribution is -0.137. The van der Waals surface area contributed by atoms with Gasteiger partial charge < -0.3 is 28.7 Å². The summed E-state index contributed by atoms with van der Waals surface area (Å²) in [6, 6.07) is 16.7. The van der Waals surface area contributed by atoms with Crippen molar-refractivity contribution in [3.63, 3.8) is 0 Å². The number of ether oxygens (including phenoxy) is 4. The highest BCUT2D eigenvalue weighted by Crippen LogP contribution is 2.32. The van der Waals surface area contributed by atoms with E-state index in [4.69, 9.17) is 18.9 Å². The summed E-state index contributed by atoms with van der Waals surface area (Å²) in [5.74, 6) is 2.51. The molecule has 11 nitrogen and oxygen atoms in total. The quantitative estimate of drug-likeness (QED) is 0.350. The topological polar surface area (TPSA) is 98.6 Å². The number of likely N-dealkylation sites (N-methyl/N-ethyl adjacent to an activating group) is 2. The molecule has 0 saturated carbocycles. The molecule has 0 radical (unpaired) electrons. The smallest absolute Gasteiger partial charge is 0.236 e. The average molecular weight is 564 g/mol. The van der Waals surface area contributed by atoms with Crippen LogP contribution in [0.15, 0.2) is 67.0 Å². The van der Waals surface area contributed by atoms with Crippen molar-refractivity contribution in [2.75, 3.05) is 53.5 Å². The molecule has 11 heteroatoms. The molecule has 0 N–H and O–H groups in total. The third-order valence-electron chi connectivity index (χ3n) is 7.25. The first kappa shape index (κ1) is 28.3. The van der Waals surface area contributed by atoms with Crippen LogP contribution < -0.4 is 18.9 Å². The predicted molar refractivity (Wildman–Crippen MR) is 151 cm³/mol. The number of carbonyl (C=O) groups excluding carboxylic acids is 2. The zero-order valence-corrected chi connectivity index (χ0v) is 23.7. The lowest BCUT2D eigenvalue weighted by Crippen LogP contribution is -2.51. The molecule has 5 rings (SSSR count). The Labute approximate surface area is 240 Å². The van der Waals surface area contributed by atoms with Crippen LogP contribution in [0.4, 0.5) is 0 Å². The standard InChI is InChI=1S/C30H37N5O6/c1-22(15-35-14-8-13-31-35)34(18-29(36)32(2)16-23-20-38-25-9-4-6-11-27(25)40-23)19-30(37)33(3)17-24-21-39-26-10-5-7-12-28(26)41-24/h4-14,22-24H,15-21H2,1-3H3/t22-,23-,24+/m1/s1. The van der Waals surface area contributed by atoms with Crippen LogP contribution in [-0.2, 0) is 16.1 Å². The van der Waals surface area contributed by atoms with Crippen LogP contribution in [0.25, 0.3) is 0 Å². The Kier molecular flexibility index (Phi) is 8.93. The largest absolute Gasteiger partial charge is 0.486 e. The van der Waals surface area contributed by atoms with Crippen LogP contribution in [0.5, 0.6) is 23.0 Å². The molecule has 0 unspecified atom stereocenters. The van der Waals surface area contributed by atoms with Crippen molar-refractivity contribution < 1.29 is 28.5 Å². The molecule has 0 aliphatic carbocycles. The normalized spacial score (nSPS) is 18.0. The summed E-state index contributed by atoms with van der Waals surface area (Å²) in [4.78, 5) is 31.9. The molecule has 0 bridgehead atoms. The van der Waals surface area contributed by atoms with Gasteiger partial charge in [0.1, 0.15) is 13.2 Å². The van der Waals surface area contributed by atoms with Gasteiger partial charge in [0.05, 0.1) is 32.7 Å². The Morgan fingerprint density at radius 1 is 0.829 bits per heavy atom. The van der Waals surface area contributed by atoms with Crippen molar-refractivity contribution in [2.45, 2.75) is 31.7 Å². The lowest BCUT2D eigenvalue weighted by Gasteiger charge is -2.34. The number of aromatic nitrogens is 2. The van der Waals surface area contributed by atoms with Gasteiger partial charge in [0, 0.05) is 32.5 Å². The van der Waals surface area contributed by atoms with E-state index in [1.807, 2.05) is 72.6 Å². The molecule has 2 amide bonds. The van der Waals surface area contributed by atoms with E-state index in [1.165, 1.54) is 0 Å². The number of hydrogen-bond donors (Lipinski definition) is 0. The van der Waals surface area contributed by atoms with Crippen LogP contribution in [0, 0.1) is 0 Å². The molecule has 41 heavy (non-hydrogen) atoms. The van der Waals surface area contributed by atoms with Crippen molar-refractivity contribution >= 4 is 11.8 Å². The summed E-state index contributed by atoms with van der Waals surface area (Å²) in [6.45, 7) is 4.10. The number of nitrogens with zero attached hydrogens (tertiary/aromatic N) is 5. The molecule has 0 spiro atoms. The van der Waals surface area contributed by atoms with Gasteiger partial charge in [-0.2, -0.15) is 5.10 Å². The third kappa shape index (κ3) is 7.29. The second-order valence-electron chi connectivity index (χ2n) is 10.5. The van der Waals surface area contributed by atoms with Gasteiger partial charge in [0.25, 0.3) is 0 Å². The van der Waals surface area contributed by atoms with E-state index < -0.39 is 0 Å². The van der Waals surface area contributed by atoms with Crippen LogP contribution >= 0.6 is 0 Å². The fourth-order valence-corrected chi connectivity index (χ4v) is 4.87. The molecule has 2 aliphatic heterocycles. The summed E-state index contributed by atoms with van der Waals surface area (Å²) in [6.07, 6.45) is 3.00. The summed E-state index contributed by atoms with van der Waals surface area (Å²) >= 11 is 0. The molecular weight excluding hydrogens is 526 g/mol. The van der Waals surface area contributed by atoms with Crippen LogP contribution in [0.2, 0.25) is 0 Å². The minimum absolute atomic E-state index is 0.0685. The van der Waals surface area contributed by atoms with Crippen molar-refractivity contribution in [3.05, 3.63) is 67.0 Å². The van der Waals surface area contributed by atoms with Crippen molar-refractivity contribution in [1.29, 1.82) is 0 Å². The Balaban J connectivity index is 1.18. The van der Waals surface area contributed by atoms with Gasteiger partial charge >= 0.3 is 0 Å². The monoisotopic (exact) mass is 563 g/mol. The molecular formula is C30H37N5O6. The second-order valence-corrected chi connectivity index (χ2v) is 10.5. The molecule has 0 fully saturated rings. The lowest BCUT2D eigenvalue weighted by atomic mass is 10.2. The summed E-state index contributed by atoms with van der Waals surface area (Å²) in [5.41, 5.74) is 0. The number of carbonyl (C=O) groups is 2. The van der Waals surface area contributed by atoms with Gasteiger partial charge in [-0.1, -0.05) is 24.3 Å². The minimum atomic E-state index is -0.288. The highest BCUT2D eigenvalue weighted by molar-refractivity contribution is 5.81. The van der Waals surface area contributed by atoms with E-state index >= 15 is 0 Å². The average Bonchev–Trinajstić information content (AvgIpc) is 3.49. The molecule has 3 heterocycles. The highest BCUT2D eigenvalue weighted by atomic mass is 16.6. The number of fused-ring (bicyclic) bond motifs is 2. The van der Waals surface area contributed by atoms with Crippen LogP contribution in [0.3, 0.4) is 0 Å². The number of benzene rings is 2. The fourth-order valence-electron chi connectivity index (χ4n) is 4.87. The first-order valence-corrected chi connectivity index (χ1v) is 13.8. The van der Waals surface area contributed by atoms with Gasteiger partial charge in [-0.15, -0.1) is 0 Å². The van der Waals surface area contributed by atoms with E-state index in [-0.39, 0.29) is 43.2 Å². The SMILES string of the molecule is C[C@H](Cn1cccn1)N(CC(=O)N(C)C[C@H]1COc2ccccc2O1)CC(=O)N(C)C[C@@H]1COc2ccccc2O1. The zero-order valence-electron chi connectivity index (χ0n) is 23.7. The molecule has 2 aliphatic rings. The zero-order chi connectivity index (χ0) is 28.8. The third-order valence-corrected chi connectivity index (χ3v) is 7.25. The first-order valence-electron chi connectivity index (χ1n) is 13.8. The molecule has 3 aromatic rings. The van der Waals surface area contributed by atoms with E-state index in [9.17, 15) is 9.59 Å². The molecule has 218 valence electrons. The Morgan fingerprint density at radius 2 is 1.32 bits per heavy atom. The van der Waals surface area contributed by atoms with E-state index in [2.05, 4.69) is 5.10 Å². The minimum Gasteiger partial charge on any atom is -0.486 e. The van der Waals surface area contributed by atoms with Gasteiger partial charge in [0.15, 0.2) is 35.2 Å². The molecule has 0 saturated heterocycles. The van der Waals surface area contributed by atoms with Gasteiger partial charge in [-0.3, -0.25) is 19.2 Å². The summed E-state index contributed by atoms with van der Waals surface area (Å²) in [5, 5.41) is 4.30. The maximum Gasteiger partial charge on any atom is 0.236 e. The van der Waals surface area contributed by atoms with Crippen molar-refractivity contribution in [3.8, 4) is 23.0 Å².